The van der Waals surface area contributed by atoms with Gasteiger partial charge in [-0.3, -0.25) is 19.3 Å². The maximum Gasteiger partial charge on any atom is 0.334 e. The Labute approximate surface area is 173 Å². The molecule has 8 heteroatoms. The third-order valence-corrected chi connectivity index (χ3v) is 5.28. The number of Topliss-reactive ketones (excluding diaryl/α,β-unsaturated/α-hetero) is 1. The fourth-order valence-electron chi connectivity index (χ4n) is 3.33. The zero-order valence-corrected chi connectivity index (χ0v) is 16.9. The lowest BCUT2D eigenvalue weighted by atomic mass is 10.1. The minimum atomic E-state index is -1.00. The topological polar surface area (TPSA) is 79.7 Å². The first-order valence-electron chi connectivity index (χ1n) is 8.97. The van der Waals surface area contributed by atoms with Gasteiger partial charge in [-0.15, -0.1) is 6.58 Å². The van der Waals surface area contributed by atoms with Gasteiger partial charge in [-0.1, -0.05) is 35.9 Å². The summed E-state index contributed by atoms with van der Waals surface area (Å²) in [5.41, 5.74) is 2.84. The molecule has 29 heavy (non-hydrogen) atoms. The molecule has 1 aliphatic heterocycles. The molecular formula is C21H20ClN3O4. The molecule has 0 unspecified atom stereocenters. The van der Waals surface area contributed by atoms with E-state index in [-0.39, 0.29) is 6.54 Å². The van der Waals surface area contributed by atoms with E-state index in [1.807, 2.05) is 29.7 Å². The van der Waals surface area contributed by atoms with Crippen molar-refractivity contribution in [3.8, 4) is 0 Å². The van der Waals surface area contributed by atoms with Gasteiger partial charge in [-0.25, -0.2) is 9.69 Å². The molecule has 7 nitrogen and oxygen atoms in total. The first kappa shape index (κ1) is 20.5. The van der Waals surface area contributed by atoms with Crippen LogP contribution in [0, 0.1) is 13.8 Å². The van der Waals surface area contributed by atoms with Crippen LogP contribution in [0.25, 0.3) is 0 Å². The van der Waals surface area contributed by atoms with E-state index in [1.54, 1.807) is 19.1 Å². The molecule has 0 atom stereocenters. The molecule has 1 aliphatic rings. The summed E-state index contributed by atoms with van der Waals surface area (Å²) in [4.78, 5) is 50.6. The van der Waals surface area contributed by atoms with Crippen LogP contribution in [0.15, 0.2) is 43.0 Å². The Bertz CT molecular complexity index is 1040. The van der Waals surface area contributed by atoms with Crippen LogP contribution in [0.2, 0.25) is 5.02 Å². The van der Waals surface area contributed by atoms with Gasteiger partial charge in [0.2, 0.25) is 0 Å². The lowest BCUT2D eigenvalue weighted by molar-refractivity contribution is -0.142. The van der Waals surface area contributed by atoms with Crippen LogP contribution in [-0.4, -0.2) is 51.1 Å². The summed E-state index contributed by atoms with van der Waals surface area (Å²) in [6.07, 6.45) is 1.34. The molecule has 1 fully saturated rings. The second kappa shape index (κ2) is 8.05. The van der Waals surface area contributed by atoms with Gasteiger partial charge < -0.3 is 4.57 Å². The molecule has 1 aromatic heterocycles. The maximum atomic E-state index is 12.8. The van der Waals surface area contributed by atoms with Crippen molar-refractivity contribution in [1.29, 1.82) is 0 Å². The highest BCUT2D eigenvalue weighted by Crippen LogP contribution is 2.22. The number of aromatic nitrogens is 1. The molecule has 3 rings (SSSR count). The zero-order valence-electron chi connectivity index (χ0n) is 16.1. The highest BCUT2D eigenvalue weighted by atomic mass is 35.5. The summed E-state index contributed by atoms with van der Waals surface area (Å²) in [6, 6.07) is 8.34. The summed E-state index contributed by atoms with van der Waals surface area (Å²) in [6.45, 7) is 7.02. The molecule has 0 N–H and O–H groups in total. The van der Waals surface area contributed by atoms with Crippen molar-refractivity contribution in [3.63, 3.8) is 0 Å². The average Bonchev–Trinajstić information content (AvgIpc) is 3.07. The molecule has 0 spiro atoms. The van der Waals surface area contributed by atoms with Crippen molar-refractivity contribution >= 4 is 35.2 Å². The van der Waals surface area contributed by atoms with Gasteiger partial charge in [-0.05, 0) is 31.5 Å². The van der Waals surface area contributed by atoms with E-state index in [1.165, 1.54) is 6.08 Å². The molecule has 4 amide bonds. The Morgan fingerprint density at radius 3 is 2.41 bits per heavy atom. The van der Waals surface area contributed by atoms with Crippen LogP contribution >= 0.6 is 11.6 Å². The second-order valence-electron chi connectivity index (χ2n) is 6.76. The fraction of sp³-hybridized carbons (Fsp3) is 0.238. The Balaban J connectivity index is 1.83. The van der Waals surface area contributed by atoms with E-state index < -0.39 is 30.2 Å². The molecular weight excluding hydrogens is 394 g/mol. The van der Waals surface area contributed by atoms with Crippen molar-refractivity contribution in [2.45, 2.75) is 20.4 Å². The Morgan fingerprint density at radius 1 is 1.10 bits per heavy atom. The third kappa shape index (κ3) is 3.73. The molecule has 150 valence electrons. The Morgan fingerprint density at radius 2 is 1.76 bits per heavy atom. The standard InChI is InChI=1S/C21H20ClN3O4/c1-4-9-23-19(27)20(28)25(21(23)29)12-18(26)16-10-13(2)24(14(16)3)11-15-7-5-6-8-17(15)22/h4-8,10H,1,9,11-12H2,2-3H3. The van der Waals surface area contributed by atoms with Gasteiger partial charge in [0.25, 0.3) is 0 Å². The lowest BCUT2D eigenvalue weighted by Crippen LogP contribution is -2.37. The lowest BCUT2D eigenvalue weighted by Gasteiger charge is -2.14. The van der Waals surface area contributed by atoms with Gasteiger partial charge in [0.15, 0.2) is 5.78 Å². The predicted octanol–water partition coefficient (Wildman–Crippen LogP) is 2.97. The summed E-state index contributed by atoms with van der Waals surface area (Å²) >= 11 is 6.24. The van der Waals surface area contributed by atoms with Gasteiger partial charge in [0.05, 0.1) is 6.54 Å². The van der Waals surface area contributed by atoms with Crippen LogP contribution < -0.4 is 0 Å². The van der Waals surface area contributed by atoms with Gasteiger partial charge in [-0.2, -0.15) is 0 Å². The number of urea groups is 1. The van der Waals surface area contributed by atoms with Gasteiger partial charge >= 0.3 is 17.8 Å². The second-order valence-corrected chi connectivity index (χ2v) is 7.17. The first-order valence-corrected chi connectivity index (χ1v) is 9.35. The first-order chi connectivity index (χ1) is 13.8. The molecule has 2 aromatic rings. The van der Waals surface area contributed by atoms with Crippen LogP contribution in [0.3, 0.4) is 0 Å². The molecule has 2 heterocycles. The van der Waals surface area contributed by atoms with Crippen LogP contribution in [0.5, 0.6) is 0 Å². The van der Waals surface area contributed by atoms with Crippen molar-refractivity contribution in [3.05, 3.63) is 70.5 Å². The van der Waals surface area contributed by atoms with Crippen LogP contribution in [0.4, 0.5) is 4.79 Å². The normalized spacial score (nSPS) is 14.1. The number of amides is 4. The number of aryl methyl sites for hydroxylation is 1. The highest BCUT2D eigenvalue weighted by molar-refractivity contribution is 6.45. The number of carbonyl (C=O) groups excluding carboxylic acids is 4. The minimum absolute atomic E-state index is 0.0829. The number of hydrogen-bond acceptors (Lipinski definition) is 4. The quantitative estimate of drug-likeness (QED) is 0.302. The Hall–Kier alpha value is -3.19. The van der Waals surface area contributed by atoms with Gasteiger partial charge in [0, 0.05) is 35.1 Å². The maximum absolute atomic E-state index is 12.8. The largest absolute Gasteiger partial charge is 0.344 e. The Kier molecular flexibility index (Phi) is 5.70. The number of carbonyl (C=O) groups is 4. The minimum Gasteiger partial charge on any atom is -0.344 e. The monoisotopic (exact) mass is 413 g/mol. The molecule has 0 radical (unpaired) electrons. The number of hydrogen-bond donors (Lipinski definition) is 0. The number of benzene rings is 1. The molecule has 1 aromatic carbocycles. The van der Waals surface area contributed by atoms with E-state index in [4.69, 9.17) is 11.6 Å². The third-order valence-electron chi connectivity index (χ3n) is 4.91. The van der Waals surface area contributed by atoms with Crippen LogP contribution in [-0.2, 0) is 16.1 Å². The summed E-state index contributed by atoms with van der Waals surface area (Å²) in [5.74, 6) is -2.37. The number of rotatable bonds is 7. The van der Waals surface area contributed by atoms with Crippen LogP contribution in [0.1, 0.15) is 27.3 Å². The molecule has 1 saturated heterocycles. The molecule has 0 aliphatic carbocycles. The number of halogens is 1. The van der Waals surface area contributed by atoms with E-state index >= 15 is 0 Å². The van der Waals surface area contributed by atoms with E-state index in [9.17, 15) is 19.2 Å². The smallest absolute Gasteiger partial charge is 0.334 e. The average molecular weight is 414 g/mol. The zero-order chi connectivity index (χ0) is 21.3. The predicted molar refractivity (Wildman–Crippen MR) is 108 cm³/mol. The van der Waals surface area contributed by atoms with Gasteiger partial charge in [0.1, 0.15) is 0 Å². The van der Waals surface area contributed by atoms with E-state index in [2.05, 4.69) is 6.58 Å². The highest BCUT2D eigenvalue weighted by Gasteiger charge is 2.44. The number of imide groups is 2. The number of ketones is 1. The van der Waals surface area contributed by atoms with E-state index in [0.717, 1.165) is 16.2 Å². The molecule has 0 bridgehead atoms. The summed E-state index contributed by atoms with van der Waals surface area (Å²) in [5, 5.41) is 0.627. The summed E-state index contributed by atoms with van der Waals surface area (Å²) < 4.78 is 1.94. The fourth-order valence-corrected chi connectivity index (χ4v) is 3.53. The number of nitrogens with zero attached hydrogens (tertiary/aromatic N) is 3. The van der Waals surface area contributed by atoms with Crippen molar-refractivity contribution < 1.29 is 19.2 Å². The van der Waals surface area contributed by atoms with Crippen molar-refractivity contribution in [2.24, 2.45) is 0 Å². The van der Waals surface area contributed by atoms with Crippen molar-refractivity contribution in [1.82, 2.24) is 14.4 Å². The molecule has 0 saturated carbocycles. The SMILES string of the molecule is C=CCN1C(=O)C(=O)N(CC(=O)c2cc(C)n(Cc3ccccc3Cl)c2C)C1=O. The summed E-state index contributed by atoms with van der Waals surface area (Å²) in [7, 11) is 0. The van der Waals surface area contributed by atoms with Crippen molar-refractivity contribution in [2.75, 3.05) is 13.1 Å². The van der Waals surface area contributed by atoms with E-state index in [0.29, 0.717) is 27.7 Å².